The average molecular weight is 277 g/mol. The van der Waals surface area contributed by atoms with Crippen LogP contribution in [-0.4, -0.2) is 56.2 Å². The van der Waals surface area contributed by atoms with Crippen LogP contribution in [0.2, 0.25) is 0 Å². The van der Waals surface area contributed by atoms with Crippen LogP contribution in [0.4, 0.5) is 4.79 Å². The number of aliphatic carboxylic acids is 1. The Bertz CT molecular complexity index is 293. The summed E-state index contributed by atoms with van der Waals surface area (Å²) in [5.41, 5.74) is -0.689. The lowest BCUT2D eigenvalue weighted by atomic mass is 10.0. The van der Waals surface area contributed by atoms with Crippen molar-refractivity contribution in [3.63, 3.8) is 0 Å². The number of methoxy groups -OCH3 is 2. The van der Waals surface area contributed by atoms with Crippen LogP contribution < -0.4 is 5.32 Å². The number of alkyl carbamates (subject to hydrolysis) is 1. The molecule has 0 aliphatic heterocycles. The lowest BCUT2D eigenvalue weighted by Gasteiger charge is -2.26. The number of carbonyl (C=O) groups excluding carboxylic acids is 1. The summed E-state index contributed by atoms with van der Waals surface area (Å²) >= 11 is 0. The molecular formula is C12H23NO6. The van der Waals surface area contributed by atoms with Gasteiger partial charge in [0.05, 0.1) is 13.2 Å². The van der Waals surface area contributed by atoms with Gasteiger partial charge in [0, 0.05) is 20.1 Å². The monoisotopic (exact) mass is 277 g/mol. The third-order valence-corrected chi connectivity index (χ3v) is 2.17. The summed E-state index contributed by atoms with van der Waals surface area (Å²) in [6.45, 7) is 5.40. The molecule has 2 N–H and O–H groups in total. The lowest BCUT2D eigenvalue weighted by Crippen LogP contribution is -2.50. The number of hydrogen-bond acceptors (Lipinski definition) is 5. The fraction of sp³-hybridized carbons (Fsp3) is 0.833. The number of carbonyl (C=O) groups is 2. The predicted octanol–water partition coefficient (Wildman–Crippen LogP) is 0.873. The van der Waals surface area contributed by atoms with Gasteiger partial charge in [-0.25, -0.2) is 9.59 Å². The second-order valence-corrected chi connectivity index (χ2v) is 5.13. The van der Waals surface area contributed by atoms with Gasteiger partial charge in [-0.3, -0.25) is 0 Å². The molecule has 1 amide bonds. The topological polar surface area (TPSA) is 94.1 Å². The van der Waals surface area contributed by atoms with Crippen LogP contribution in [0.3, 0.4) is 0 Å². The van der Waals surface area contributed by atoms with Gasteiger partial charge >= 0.3 is 12.1 Å². The van der Waals surface area contributed by atoms with E-state index in [2.05, 4.69) is 5.32 Å². The van der Waals surface area contributed by atoms with E-state index < -0.39 is 29.6 Å². The maximum atomic E-state index is 11.6. The SMILES string of the molecule is COCC(COC)C(NC(=O)OC(C)(C)C)C(=O)O. The molecule has 112 valence electrons. The summed E-state index contributed by atoms with van der Waals surface area (Å²) < 4.78 is 14.9. The van der Waals surface area contributed by atoms with Crippen LogP contribution in [0, 0.1) is 5.92 Å². The number of rotatable bonds is 7. The van der Waals surface area contributed by atoms with Gasteiger partial charge in [-0.15, -0.1) is 0 Å². The Morgan fingerprint density at radius 2 is 1.63 bits per heavy atom. The molecule has 7 heteroatoms. The fourth-order valence-electron chi connectivity index (χ4n) is 1.48. The molecule has 0 spiro atoms. The number of hydrogen-bond donors (Lipinski definition) is 2. The highest BCUT2D eigenvalue weighted by Gasteiger charge is 2.31. The van der Waals surface area contributed by atoms with E-state index in [4.69, 9.17) is 19.3 Å². The molecule has 0 bridgehead atoms. The Morgan fingerprint density at radius 1 is 1.16 bits per heavy atom. The molecule has 0 rings (SSSR count). The maximum absolute atomic E-state index is 11.6. The Morgan fingerprint density at radius 3 is 1.95 bits per heavy atom. The van der Waals surface area contributed by atoms with Gasteiger partial charge in [-0.2, -0.15) is 0 Å². The summed E-state index contributed by atoms with van der Waals surface area (Å²) in [6, 6.07) is -1.13. The standard InChI is InChI=1S/C12H23NO6/c1-12(2,3)19-11(16)13-9(10(14)15)8(6-17-4)7-18-5/h8-9H,6-7H2,1-5H3,(H,13,16)(H,14,15). The molecule has 0 aromatic heterocycles. The largest absolute Gasteiger partial charge is 0.480 e. The predicted molar refractivity (Wildman–Crippen MR) is 68.0 cm³/mol. The molecule has 19 heavy (non-hydrogen) atoms. The molecule has 7 nitrogen and oxygen atoms in total. The van der Waals surface area contributed by atoms with E-state index in [9.17, 15) is 9.59 Å². The first-order valence-electron chi connectivity index (χ1n) is 5.91. The van der Waals surface area contributed by atoms with Crippen molar-refractivity contribution in [3.05, 3.63) is 0 Å². The van der Waals surface area contributed by atoms with Crippen molar-refractivity contribution >= 4 is 12.1 Å². The van der Waals surface area contributed by atoms with Gasteiger partial charge < -0.3 is 24.6 Å². The summed E-state index contributed by atoms with van der Waals surface area (Å²) in [5, 5.41) is 11.5. The van der Waals surface area contributed by atoms with Crippen LogP contribution in [0.5, 0.6) is 0 Å². The van der Waals surface area contributed by atoms with Crippen LogP contribution in [-0.2, 0) is 19.0 Å². The molecule has 0 saturated heterocycles. The summed E-state index contributed by atoms with van der Waals surface area (Å²) in [4.78, 5) is 22.8. The van der Waals surface area contributed by atoms with Crippen molar-refractivity contribution < 1.29 is 28.9 Å². The number of ether oxygens (including phenoxy) is 3. The van der Waals surface area contributed by atoms with E-state index in [0.717, 1.165) is 0 Å². The number of carboxylic acids is 1. The van der Waals surface area contributed by atoms with E-state index >= 15 is 0 Å². The molecule has 0 saturated carbocycles. The molecule has 0 aliphatic carbocycles. The average Bonchev–Trinajstić information content (AvgIpc) is 2.23. The number of amides is 1. The van der Waals surface area contributed by atoms with E-state index in [1.807, 2.05) is 0 Å². The molecule has 0 aromatic rings. The van der Waals surface area contributed by atoms with E-state index in [1.165, 1.54) is 14.2 Å². The van der Waals surface area contributed by atoms with Gasteiger partial charge in [0.25, 0.3) is 0 Å². The van der Waals surface area contributed by atoms with E-state index in [-0.39, 0.29) is 13.2 Å². The molecule has 1 atom stereocenters. The molecule has 0 heterocycles. The van der Waals surface area contributed by atoms with Crippen LogP contribution in [0.15, 0.2) is 0 Å². The third-order valence-electron chi connectivity index (χ3n) is 2.17. The molecular weight excluding hydrogens is 254 g/mol. The zero-order chi connectivity index (χ0) is 15.1. The zero-order valence-corrected chi connectivity index (χ0v) is 12.1. The fourth-order valence-corrected chi connectivity index (χ4v) is 1.48. The summed E-state index contributed by atoms with van der Waals surface area (Å²) in [5.74, 6) is -1.66. The summed E-state index contributed by atoms with van der Waals surface area (Å²) in [6.07, 6.45) is -0.780. The highest BCUT2D eigenvalue weighted by Crippen LogP contribution is 2.10. The number of nitrogens with one attached hydrogen (secondary N) is 1. The molecule has 0 aliphatic rings. The second-order valence-electron chi connectivity index (χ2n) is 5.13. The smallest absolute Gasteiger partial charge is 0.408 e. The minimum atomic E-state index is -1.16. The highest BCUT2D eigenvalue weighted by molar-refractivity contribution is 5.80. The lowest BCUT2D eigenvalue weighted by molar-refractivity contribution is -0.142. The Kier molecular flexibility index (Phi) is 7.40. The molecule has 1 unspecified atom stereocenters. The van der Waals surface area contributed by atoms with Gasteiger partial charge in [0.2, 0.25) is 0 Å². The first-order chi connectivity index (χ1) is 8.71. The van der Waals surface area contributed by atoms with Gasteiger partial charge in [-0.05, 0) is 20.8 Å². The first-order valence-corrected chi connectivity index (χ1v) is 5.91. The Balaban J connectivity index is 4.71. The van der Waals surface area contributed by atoms with Crippen LogP contribution in [0.1, 0.15) is 20.8 Å². The normalized spacial score (nSPS) is 13.2. The molecule has 0 aromatic carbocycles. The summed E-state index contributed by atoms with van der Waals surface area (Å²) in [7, 11) is 2.91. The zero-order valence-electron chi connectivity index (χ0n) is 12.1. The van der Waals surface area contributed by atoms with Crippen LogP contribution >= 0.6 is 0 Å². The van der Waals surface area contributed by atoms with E-state index in [0.29, 0.717) is 0 Å². The molecule has 0 radical (unpaired) electrons. The van der Waals surface area contributed by atoms with Gasteiger partial charge in [0.1, 0.15) is 11.6 Å². The first kappa shape index (κ1) is 17.7. The van der Waals surface area contributed by atoms with E-state index in [1.54, 1.807) is 20.8 Å². The minimum absolute atomic E-state index is 0.153. The quantitative estimate of drug-likeness (QED) is 0.717. The van der Waals surface area contributed by atoms with Crippen molar-refractivity contribution in [1.82, 2.24) is 5.32 Å². The Labute approximate surface area is 113 Å². The van der Waals surface area contributed by atoms with Crippen molar-refractivity contribution in [3.8, 4) is 0 Å². The number of carboxylic acid groups (broad SMARTS) is 1. The van der Waals surface area contributed by atoms with Crippen molar-refractivity contribution in [2.24, 2.45) is 5.92 Å². The maximum Gasteiger partial charge on any atom is 0.408 e. The molecule has 0 fully saturated rings. The third kappa shape index (κ3) is 7.63. The Hall–Kier alpha value is -1.34. The van der Waals surface area contributed by atoms with Gasteiger partial charge in [-0.1, -0.05) is 0 Å². The van der Waals surface area contributed by atoms with Crippen molar-refractivity contribution in [1.29, 1.82) is 0 Å². The highest BCUT2D eigenvalue weighted by atomic mass is 16.6. The van der Waals surface area contributed by atoms with Crippen LogP contribution in [0.25, 0.3) is 0 Å². The second kappa shape index (κ2) is 7.96. The minimum Gasteiger partial charge on any atom is -0.480 e. The van der Waals surface area contributed by atoms with Gasteiger partial charge in [0.15, 0.2) is 0 Å². The van der Waals surface area contributed by atoms with Crippen molar-refractivity contribution in [2.75, 3.05) is 27.4 Å². The van der Waals surface area contributed by atoms with Crippen molar-refractivity contribution in [2.45, 2.75) is 32.4 Å².